The lowest BCUT2D eigenvalue weighted by Gasteiger charge is -2.31. The molecule has 2 fully saturated rings. The molecule has 178 valence electrons. The number of hydrogen-bond acceptors (Lipinski definition) is 4. The van der Waals surface area contributed by atoms with Crippen LogP contribution in [0.3, 0.4) is 0 Å². The zero-order chi connectivity index (χ0) is 22.9. The lowest BCUT2D eigenvalue weighted by Crippen LogP contribution is -2.21. The van der Waals surface area contributed by atoms with E-state index in [0.717, 1.165) is 55.5 Å². The largest absolute Gasteiger partial charge is 0.393 e. The van der Waals surface area contributed by atoms with E-state index in [9.17, 15) is 18.3 Å². The first kappa shape index (κ1) is 23.3. The van der Waals surface area contributed by atoms with E-state index in [-0.39, 0.29) is 24.6 Å². The fourth-order valence-electron chi connectivity index (χ4n) is 5.49. The highest BCUT2D eigenvalue weighted by Crippen LogP contribution is 2.42. The molecule has 0 saturated heterocycles. The fourth-order valence-corrected chi connectivity index (χ4v) is 5.49. The second-order valence-electron chi connectivity index (χ2n) is 10.0. The summed E-state index contributed by atoms with van der Waals surface area (Å²) in [5, 5.41) is 13.7. The van der Waals surface area contributed by atoms with Gasteiger partial charge in [0.1, 0.15) is 5.65 Å². The van der Waals surface area contributed by atoms with Crippen LogP contribution in [0.4, 0.5) is 19.1 Å². The molecule has 2 aliphatic carbocycles. The standard InChI is InChI=1S/C24H35F3N4O/c1-15(2)16-3-5-17(6-4-16)21-14-31(18-7-9-19(32)10-8-18)22-20(21)13-29-23(30-22)28-12-11-24(25,26)27/h13-19,32H,3-12H2,1-2H3,(H,28,29,30). The summed E-state index contributed by atoms with van der Waals surface area (Å²) < 4.78 is 39.8. The lowest BCUT2D eigenvalue weighted by atomic mass is 9.75. The van der Waals surface area contributed by atoms with E-state index in [4.69, 9.17) is 0 Å². The van der Waals surface area contributed by atoms with Crippen molar-refractivity contribution in [2.75, 3.05) is 11.9 Å². The van der Waals surface area contributed by atoms with E-state index in [2.05, 4.69) is 39.9 Å². The fraction of sp³-hybridized carbons (Fsp3) is 0.750. The minimum Gasteiger partial charge on any atom is -0.393 e. The number of hydrogen-bond donors (Lipinski definition) is 2. The van der Waals surface area contributed by atoms with E-state index in [1.54, 1.807) is 6.20 Å². The molecule has 0 aromatic carbocycles. The van der Waals surface area contributed by atoms with Crippen molar-refractivity contribution in [2.45, 2.75) is 95.9 Å². The number of fused-ring (bicyclic) bond motifs is 1. The van der Waals surface area contributed by atoms with E-state index in [1.807, 2.05) is 0 Å². The molecule has 2 saturated carbocycles. The van der Waals surface area contributed by atoms with Gasteiger partial charge in [-0.25, -0.2) is 4.98 Å². The number of halogens is 3. The van der Waals surface area contributed by atoms with Crippen LogP contribution in [0.2, 0.25) is 0 Å². The average Bonchev–Trinajstić information content (AvgIpc) is 3.12. The topological polar surface area (TPSA) is 63.0 Å². The molecule has 2 N–H and O–H groups in total. The lowest BCUT2D eigenvalue weighted by molar-refractivity contribution is -0.131. The first-order valence-electron chi connectivity index (χ1n) is 12.1. The van der Waals surface area contributed by atoms with Crippen LogP contribution >= 0.6 is 0 Å². The van der Waals surface area contributed by atoms with Gasteiger partial charge in [0.25, 0.3) is 0 Å². The van der Waals surface area contributed by atoms with Gasteiger partial charge in [-0.1, -0.05) is 13.8 Å². The molecule has 2 aromatic rings. The molecule has 0 radical (unpaired) electrons. The zero-order valence-corrected chi connectivity index (χ0v) is 19.0. The normalized spacial score (nSPS) is 27.2. The van der Waals surface area contributed by atoms with Gasteiger partial charge >= 0.3 is 6.18 Å². The van der Waals surface area contributed by atoms with E-state index in [1.165, 1.54) is 18.4 Å². The van der Waals surface area contributed by atoms with Crippen LogP contribution in [0.1, 0.15) is 89.2 Å². The smallest absolute Gasteiger partial charge is 0.390 e. The molecule has 0 amide bonds. The minimum absolute atomic E-state index is 0.239. The molecule has 0 atom stereocenters. The summed E-state index contributed by atoms with van der Waals surface area (Å²) in [7, 11) is 0. The van der Waals surface area contributed by atoms with Gasteiger partial charge in [-0.3, -0.25) is 0 Å². The quantitative estimate of drug-likeness (QED) is 0.548. The molecule has 2 aromatic heterocycles. The molecular formula is C24H35F3N4O. The van der Waals surface area contributed by atoms with E-state index >= 15 is 0 Å². The van der Waals surface area contributed by atoms with Crippen LogP contribution in [-0.4, -0.2) is 38.5 Å². The Hall–Kier alpha value is -1.83. The van der Waals surface area contributed by atoms with Gasteiger partial charge in [0.05, 0.1) is 12.5 Å². The molecule has 8 heteroatoms. The second-order valence-corrected chi connectivity index (χ2v) is 10.0. The number of nitrogens with one attached hydrogen (secondary N) is 1. The Morgan fingerprint density at radius 3 is 2.41 bits per heavy atom. The third kappa shape index (κ3) is 5.38. The van der Waals surface area contributed by atoms with Crippen LogP contribution in [0.25, 0.3) is 11.0 Å². The maximum Gasteiger partial charge on any atom is 0.390 e. The Kier molecular flexibility index (Phi) is 6.98. The Morgan fingerprint density at radius 2 is 1.78 bits per heavy atom. The van der Waals surface area contributed by atoms with Crippen LogP contribution in [0.15, 0.2) is 12.4 Å². The SMILES string of the molecule is CC(C)C1CCC(c2cn(C3CCC(O)CC3)c3nc(NCCC(F)(F)F)ncc23)CC1. The van der Waals surface area contributed by atoms with E-state index < -0.39 is 12.6 Å². The number of anilines is 1. The van der Waals surface area contributed by atoms with Gasteiger partial charge in [-0.2, -0.15) is 18.2 Å². The molecular weight excluding hydrogens is 417 g/mol. The number of rotatable bonds is 6. The van der Waals surface area contributed by atoms with Gasteiger partial charge in [-0.05, 0) is 74.7 Å². The summed E-state index contributed by atoms with van der Waals surface area (Å²) in [6.07, 6.45) is 6.69. The molecule has 0 unspecified atom stereocenters. The van der Waals surface area contributed by atoms with Crippen LogP contribution in [0, 0.1) is 11.8 Å². The van der Waals surface area contributed by atoms with Gasteiger partial charge in [-0.15, -0.1) is 0 Å². The predicted molar refractivity (Wildman–Crippen MR) is 120 cm³/mol. The average molecular weight is 453 g/mol. The van der Waals surface area contributed by atoms with Gasteiger partial charge in [0.2, 0.25) is 5.95 Å². The molecule has 0 spiro atoms. The van der Waals surface area contributed by atoms with Crippen LogP contribution in [0.5, 0.6) is 0 Å². The third-order valence-corrected chi connectivity index (χ3v) is 7.51. The van der Waals surface area contributed by atoms with Crippen molar-refractivity contribution in [2.24, 2.45) is 11.8 Å². The van der Waals surface area contributed by atoms with Crippen molar-refractivity contribution in [1.29, 1.82) is 0 Å². The summed E-state index contributed by atoms with van der Waals surface area (Å²) in [6.45, 7) is 4.36. The Balaban J connectivity index is 1.61. The highest BCUT2D eigenvalue weighted by Gasteiger charge is 2.30. The summed E-state index contributed by atoms with van der Waals surface area (Å²) in [5.74, 6) is 2.20. The molecule has 0 aliphatic heterocycles. The van der Waals surface area contributed by atoms with Crippen molar-refractivity contribution in [3.05, 3.63) is 18.0 Å². The highest BCUT2D eigenvalue weighted by atomic mass is 19.4. The monoisotopic (exact) mass is 452 g/mol. The highest BCUT2D eigenvalue weighted by molar-refractivity contribution is 5.81. The Morgan fingerprint density at radius 1 is 1.09 bits per heavy atom. The summed E-state index contributed by atoms with van der Waals surface area (Å²) in [5.41, 5.74) is 2.08. The van der Waals surface area contributed by atoms with Crippen LogP contribution in [-0.2, 0) is 0 Å². The van der Waals surface area contributed by atoms with Gasteiger partial charge in [0.15, 0.2) is 0 Å². The summed E-state index contributed by atoms with van der Waals surface area (Å²) in [4.78, 5) is 9.01. The second kappa shape index (κ2) is 9.57. The van der Waals surface area contributed by atoms with Gasteiger partial charge in [0, 0.05) is 30.4 Å². The van der Waals surface area contributed by atoms with Crippen LogP contribution < -0.4 is 5.32 Å². The molecule has 2 aliphatic rings. The Labute approximate surface area is 187 Å². The van der Waals surface area contributed by atoms with Crippen molar-refractivity contribution >= 4 is 17.0 Å². The number of aromatic nitrogens is 3. The number of aliphatic hydroxyl groups is 1. The number of nitrogens with zero attached hydrogens (tertiary/aromatic N) is 3. The summed E-state index contributed by atoms with van der Waals surface area (Å²) in [6, 6.07) is 0.250. The maximum atomic E-state index is 12.5. The first-order valence-corrected chi connectivity index (χ1v) is 12.1. The first-order chi connectivity index (χ1) is 15.2. The number of alkyl halides is 3. The minimum atomic E-state index is -4.21. The predicted octanol–water partition coefficient (Wildman–Crippen LogP) is 6.20. The number of aliphatic hydroxyl groups excluding tert-OH is 1. The zero-order valence-electron chi connectivity index (χ0n) is 19.0. The Bertz CT molecular complexity index is 895. The van der Waals surface area contributed by atoms with Crippen molar-refractivity contribution in [3.8, 4) is 0 Å². The maximum absolute atomic E-state index is 12.5. The molecule has 5 nitrogen and oxygen atoms in total. The molecule has 32 heavy (non-hydrogen) atoms. The molecule has 4 rings (SSSR count). The third-order valence-electron chi connectivity index (χ3n) is 7.51. The van der Waals surface area contributed by atoms with Gasteiger partial charge < -0.3 is 15.0 Å². The molecule has 2 heterocycles. The molecule has 0 bridgehead atoms. The van der Waals surface area contributed by atoms with Crippen molar-refractivity contribution in [3.63, 3.8) is 0 Å². The van der Waals surface area contributed by atoms with Crippen molar-refractivity contribution < 1.29 is 18.3 Å². The summed E-state index contributed by atoms with van der Waals surface area (Å²) >= 11 is 0. The van der Waals surface area contributed by atoms with E-state index in [0.29, 0.717) is 11.8 Å². The van der Waals surface area contributed by atoms with Crippen molar-refractivity contribution in [1.82, 2.24) is 14.5 Å².